The fraction of sp³-hybridized carbons (Fsp3) is 0.167. The van der Waals surface area contributed by atoms with Gasteiger partial charge in [-0.25, -0.2) is 4.39 Å². The predicted octanol–water partition coefficient (Wildman–Crippen LogP) is 6.14. The third-order valence-corrected chi connectivity index (χ3v) is 7.11. The number of rotatable bonds is 3. The molecule has 1 aromatic heterocycles. The number of hydrogen-bond donors (Lipinski definition) is 1. The Morgan fingerprint density at radius 1 is 1.21 bits per heavy atom. The highest BCUT2D eigenvalue weighted by Crippen LogP contribution is 2.39. The first-order valence-corrected chi connectivity index (χ1v) is 8.77. The lowest BCUT2D eigenvalue weighted by atomic mass is 10.1. The van der Waals surface area contributed by atoms with E-state index in [4.69, 9.17) is 11.6 Å². The van der Waals surface area contributed by atoms with Crippen molar-refractivity contribution in [3.63, 3.8) is 0 Å². The summed E-state index contributed by atoms with van der Waals surface area (Å²) in [5, 5.41) is 3.61. The van der Waals surface area contributed by atoms with E-state index in [9.17, 15) is 4.39 Å². The fourth-order valence-electron chi connectivity index (χ4n) is 1.72. The van der Waals surface area contributed by atoms with E-state index in [2.05, 4.69) is 53.1 Å². The van der Waals surface area contributed by atoms with Crippen LogP contribution in [0.4, 0.5) is 4.39 Å². The predicted molar refractivity (Wildman–Crippen MR) is 89.7 cm³/mol. The summed E-state index contributed by atoms with van der Waals surface area (Å²) in [6.45, 7) is 0. The van der Waals surface area contributed by atoms with Crippen molar-refractivity contribution in [1.82, 2.24) is 5.32 Å². The Labute approximate surface area is 144 Å². The van der Waals surface area contributed by atoms with Gasteiger partial charge in [-0.2, -0.15) is 0 Å². The topological polar surface area (TPSA) is 12.0 Å². The Morgan fingerprint density at radius 3 is 2.42 bits per heavy atom. The molecular formula is C12H8Br3ClFNS. The SMILES string of the molecule is CNC(c1cc(Br)c(Br)s1)c1cc(Cl)c(Br)cc1F. The van der Waals surface area contributed by atoms with Crippen LogP contribution < -0.4 is 5.32 Å². The van der Waals surface area contributed by atoms with Gasteiger partial charge in [0.1, 0.15) is 5.82 Å². The summed E-state index contributed by atoms with van der Waals surface area (Å²) < 4.78 is 16.6. The molecule has 0 fully saturated rings. The lowest BCUT2D eigenvalue weighted by molar-refractivity contribution is 0.578. The summed E-state index contributed by atoms with van der Waals surface area (Å²) in [5.41, 5.74) is 0.525. The van der Waals surface area contributed by atoms with Crippen LogP contribution in [-0.4, -0.2) is 7.05 Å². The van der Waals surface area contributed by atoms with Crippen LogP contribution in [0.15, 0.2) is 30.9 Å². The third kappa shape index (κ3) is 3.41. The molecule has 7 heteroatoms. The first kappa shape index (κ1) is 15.9. The zero-order chi connectivity index (χ0) is 14.2. The van der Waals surface area contributed by atoms with E-state index in [1.807, 2.05) is 6.07 Å². The molecule has 0 aliphatic carbocycles. The van der Waals surface area contributed by atoms with Crippen LogP contribution in [-0.2, 0) is 0 Å². The smallest absolute Gasteiger partial charge is 0.129 e. The van der Waals surface area contributed by atoms with Gasteiger partial charge in [0.2, 0.25) is 0 Å². The second kappa shape index (κ2) is 6.54. The molecule has 1 atom stereocenters. The van der Waals surface area contributed by atoms with Crippen molar-refractivity contribution in [3.05, 3.63) is 52.2 Å². The highest BCUT2D eigenvalue weighted by Gasteiger charge is 2.20. The lowest BCUT2D eigenvalue weighted by Crippen LogP contribution is -2.18. The largest absolute Gasteiger partial charge is 0.309 e. The summed E-state index contributed by atoms with van der Waals surface area (Å²) >= 11 is 17.7. The van der Waals surface area contributed by atoms with Gasteiger partial charge in [0.05, 0.1) is 14.9 Å². The van der Waals surface area contributed by atoms with E-state index in [0.717, 1.165) is 13.1 Å². The van der Waals surface area contributed by atoms with Crippen molar-refractivity contribution in [2.24, 2.45) is 0 Å². The molecule has 0 aliphatic heterocycles. The van der Waals surface area contributed by atoms with Gasteiger partial charge in [0, 0.05) is 19.4 Å². The Bertz CT molecular complexity index is 598. The normalized spacial score (nSPS) is 12.7. The zero-order valence-corrected chi connectivity index (χ0v) is 15.9. The fourth-order valence-corrected chi connectivity index (χ4v) is 4.42. The summed E-state index contributed by atoms with van der Waals surface area (Å²) in [5.74, 6) is -0.295. The monoisotopic (exact) mass is 489 g/mol. The molecule has 2 aromatic rings. The summed E-state index contributed by atoms with van der Waals surface area (Å²) in [4.78, 5) is 0.999. The standard InChI is InChI=1S/C12H8Br3ClFNS/c1-18-11(10-4-7(14)12(15)19-10)5-2-8(16)6(13)3-9(5)17/h2-4,11,18H,1H3. The van der Waals surface area contributed by atoms with E-state index < -0.39 is 0 Å². The molecule has 1 unspecified atom stereocenters. The quantitative estimate of drug-likeness (QED) is 0.508. The van der Waals surface area contributed by atoms with Crippen LogP contribution in [0.3, 0.4) is 0 Å². The molecule has 0 bridgehead atoms. The number of thiophene rings is 1. The van der Waals surface area contributed by atoms with Gasteiger partial charge in [-0.1, -0.05) is 11.6 Å². The van der Waals surface area contributed by atoms with Crippen molar-refractivity contribution in [2.75, 3.05) is 7.05 Å². The van der Waals surface area contributed by atoms with E-state index >= 15 is 0 Å². The van der Waals surface area contributed by atoms with Gasteiger partial charge in [0.25, 0.3) is 0 Å². The Kier molecular flexibility index (Phi) is 5.48. The highest BCUT2D eigenvalue weighted by molar-refractivity contribution is 9.13. The van der Waals surface area contributed by atoms with Crippen LogP contribution in [0.2, 0.25) is 5.02 Å². The van der Waals surface area contributed by atoms with E-state index in [-0.39, 0.29) is 11.9 Å². The second-order valence-corrected chi connectivity index (χ2v) is 8.30. The Morgan fingerprint density at radius 2 is 1.89 bits per heavy atom. The molecule has 0 spiro atoms. The molecule has 0 amide bonds. The molecule has 1 aromatic carbocycles. The molecule has 1 heterocycles. The molecule has 1 nitrogen and oxygen atoms in total. The maximum absolute atomic E-state index is 14.1. The van der Waals surface area contributed by atoms with Crippen molar-refractivity contribution >= 4 is 70.7 Å². The number of halogens is 5. The van der Waals surface area contributed by atoms with Gasteiger partial charge < -0.3 is 5.32 Å². The maximum Gasteiger partial charge on any atom is 0.129 e. The molecule has 0 saturated carbocycles. The van der Waals surface area contributed by atoms with E-state index in [1.165, 1.54) is 6.07 Å². The van der Waals surface area contributed by atoms with Gasteiger partial charge in [0.15, 0.2) is 0 Å². The molecule has 0 aliphatic rings. The minimum absolute atomic E-state index is 0.238. The van der Waals surface area contributed by atoms with E-state index in [0.29, 0.717) is 15.1 Å². The van der Waals surface area contributed by atoms with Crippen LogP contribution in [0.25, 0.3) is 0 Å². The number of nitrogens with one attached hydrogen (secondary N) is 1. The van der Waals surface area contributed by atoms with Crippen molar-refractivity contribution in [2.45, 2.75) is 6.04 Å². The first-order chi connectivity index (χ1) is 8.93. The van der Waals surface area contributed by atoms with Gasteiger partial charge in [-0.05, 0) is 73.0 Å². The Balaban J connectivity index is 2.50. The molecule has 19 heavy (non-hydrogen) atoms. The van der Waals surface area contributed by atoms with Crippen LogP contribution >= 0.6 is 70.7 Å². The summed E-state index contributed by atoms with van der Waals surface area (Å²) in [7, 11) is 1.79. The highest BCUT2D eigenvalue weighted by atomic mass is 79.9. The first-order valence-electron chi connectivity index (χ1n) is 5.20. The summed E-state index contributed by atoms with van der Waals surface area (Å²) in [6.07, 6.45) is 0. The zero-order valence-electron chi connectivity index (χ0n) is 9.61. The average molecular weight is 492 g/mol. The van der Waals surface area contributed by atoms with Crippen LogP contribution in [0.5, 0.6) is 0 Å². The Hall–Kier alpha value is 0.540. The molecular weight excluding hydrogens is 484 g/mol. The maximum atomic E-state index is 14.1. The second-order valence-electron chi connectivity index (χ2n) is 3.78. The van der Waals surface area contributed by atoms with Gasteiger partial charge in [-0.3, -0.25) is 0 Å². The van der Waals surface area contributed by atoms with Crippen molar-refractivity contribution in [1.29, 1.82) is 0 Å². The van der Waals surface area contributed by atoms with Gasteiger partial charge in [-0.15, -0.1) is 11.3 Å². The number of benzene rings is 1. The average Bonchev–Trinajstić information content (AvgIpc) is 2.67. The van der Waals surface area contributed by atoms with E-state index in [1.54, 1.807) is 24.5 Å². The molecule has 0 radical (unpaired) electrons. The van der Waals surface area contributed by atoms with Crippen LogP contribution in [0.1, 0.15) is 16.5 Å². The summed E-state index contributed by atoms with van der Waals surface area (Å²) in [6, 6.07) is 4.76. The van der Waals surface area contributed by atoms with Gasteiger partial charge >= 0.3 is 0 Å². The molecule has 102 valence electrons. The molecule has 1 N–H and O–H groups in total. The van der Waals surface area contributed by atoms with Crippen LogP contribution in [0, 0.1) is 5.82 Å². The molecule has 0 saturated heterocycles. The lowest BCUT2D eigenvalue weighted by Gasteiger charge is -2.16. The molecule has 2 rings (SSSR count). The van der Waals surface area contributed by atoms with Crippen molar-refractivity contribution < 1.29 is 4.39 Å². The van der Waals surface area contributed by atoms with Crippen molar-refractivity contribution in [3.8, 4) is 0 Å². The third-order valence-electron chi connectivity index (χ3n) is 2.59. The minimum atomic E-state index is -0.295. The minimum Gasteiger partial charge on any atom is -0.309 e. The number of hydrogen-bond acceptors (Lipinski definition) is 2.